The van der Waals surface area contributed by atoms with Crippen LogP contribution in [0.5, 0.6) is 5.75 Å². The number of hydrogen-bond acceptors (Lipinski definition) is 2. The molecule has 3 heteroatoms. The summed E-state index contributed by atoms with van der Waals surface area (Å²) in [7, 11) is 0. The van der Waals surface area contributed by atoms with E-state index in [0.29, 0.717) is 6.42 Å². The fraction of sp³-hybridized carbons (Fsp3) is 0.533. The smallest absolute Gasteiger partial charge is 0.261 e. The molecule has 0 fully saturated rings. The largest absolute Gasteiger partial charge is 0.481 e. The highest BCUT2D eigenvalue weighted by Gasteiger charge is 2.19. The Bertz CT molecular complexity index is 351. The van der Waals surface area contributed by atoms with Crippen LogP contribution >= 0.6 is 0 Å². The van der Waals surface area contributed by atoms with Gasteiger partial charge >= 0.3 is 0 Å². The highest BCUT2D eigenvalue weighted by atomic mass is 16.5. The van der Waals surface area contributed by atoms with E-state index in [4.69, 9.17) is 4.74 Å². The van der Waals surface area contributed by atoms with Gasteiger partial charge in [0.1, 0.15) is 5.75 Å². The van der Waals surface area contributed by atoms with Crippen molar-refractivity contribution in [1.82, 2.24) is 5.32 Å². The summed E-state index contributed by atoms with van der Waals surface area (Å²) in [6.45, 7) is 6.09. The molecule has 1 N–H and O–H groups in total. The van der Waals surface area contributed by atoms with Crippen molar-refractivity contribution >= 4 is 5.91 Å². The number of rotatable bonds is 7. The molecule has 18 heavy (non-hydrogen) atoms. The van der Waals surface area contributed by atoms with Crippen LogP contribution in [-0.4, -0.2) is 18.1 Å². The van der Waals surface area contributed by atoms with E-state index >= 15 is 0 Å². The zero-order chi connectivity index (χ0) is 13.4. The minimum Gasteiger partial charge on any atom is -0.481 e. The van der Waals surface area contributed by atoms with Gasteiger partial charge in [-0.1, -0.05) is 38.5 Å². The van der Waals surface area contributed by atoms with Crippen LogP contribution in [0.1, 0.15) is 40.0 Å². The molecular weight excluding hydrogens is 226 g/mol. The molecule has 0 aliphatic carbocycles. The molecule has 2 atom stereocenters. The maximum atomic E-state index is 12.0. The highest BCUT2D eigenvalue weighted by Crippen LogP contribution is 2.12. The second-order valence-electron chi connectivity index (χ2n) is 4.53. The van der Waals surface area contributed by atoms with Crippen LogP contribution in [0.2, 0.25) is 0 Å². The fourth-order valence-corrected chi connectivity index (χ4v) is 1.83. The molecule has 100 valence electrons. The summed E-state index contributed by atoms with van der Waals surface area (Å²) in [6, 6.07) is 9.67. The van der Waals surface area contributed by atoms with Crippen LogP contribution < -0.4 is 10.1 Å². The lowest BCUT2D eigenvalue weighted by atomic mass is 10.1. The third-order valence-electron chi connectivity index (χ3n) is 2.80. The van der Waals surface area contributed by atoms with E-state index in [9.17, 15) is 4.79 Å². The van der Waals surface area contributed by atoms with E-state index in [2.05, 4.69) is 12.2 Å². The van der Waals surface area contributed by atoms with E-state index in [1.54, 1.807) is 0 Å². The molecule has 0 radical (unpaired) electrons. The highest BCUT2D eigenvalue weighted by molar-refractivity contribution is 5.81. The molecule has 1 aromatic carbocycles. The molecule has 0 saturated carbocycles. The van der Waals surface area contributed by atoms with Crippen molar-refractivity contribution in [3.63, 3.8) is 0 Å². The second kappa shape index (κ2) is 7.75. The number of benzene rings is 1. The summed E-state index contributed by atoms with van der Waals surface area (Å²) >= 11 is 0. The van der Waals surface area contributed by atoms with Gasteiger partial charge in [0.25, 0.3) is 5.91 Å². The van der Waals surface area contributed by atoms with Crippen LogP contribution in [-0.2, 0) is 4.79 Å². The number of nitrogens with one attached hydrogen (secondary N) is 1. The van der Waals surface area contributed by atoms with Crippen molar-refractivity contribution in [2.45, 2.75) is 52.2 Å². The third kappa shape index (κ3) is 4.78. The van der Waals surface area contributed by atoms with Crippen LogP contribution in [0, 0.1) is 0 Å². The van der Waals surface area contributed by atoms with E-state index < -0.39 is 6.10 Å². The normalized spacial score (nSPS) is 13.7. The van der Waals surface area contributed by atoms with Gasteiger partial charge in [-0.3, -0.25) is 4.79 Å². The van der Waals surface area contributed by atoms with Crippen molar-refractivity contribution in [3.8, 4) is 5.75 Å². The van der Waals surface area contributed by atoms with Gasteiger partial charge in [0.15, 0.2) is 6.10 Å². The molecule has 0 aliphatic heterocycles. The van der Waals surface area contributed by atoms with Crippen molar-refractivity contribution < 1.29 is 9.53 Å². The number of carbonyl (C=O) groups is 1. The molecule has 0 unspecified atom stereocenters. The molecule has 0 spiro atoms. The Morgan fingerprint density at radius 2 is 1.94 bits per heavy atom. The molecule has 3 nitrogen and oxygen atoms in total. The van der Waals surface area contributed by atoms with Crippen LogP contribution in [0.3, 0.4) is 0 Å². The number of hydrogen-bond donors (Lipinski definition) is 1. The molecule has 0 aromatic heterocycles. The van der Waals surface area contributed by atoms with Gasteiger partial charge < -0.3 is 10.1 Å². The van der Waals surface area contributed by atoms with Gasteiger partial charge in [0.05, 0.1) is 0 Å². The Morgan fingerprint density at radius 3 is 2.50 bits per heavy atom. The Hall–Kier alpha value is -1.51. The zero-order valence-electron chi connectivity index (χ0n) is 11.5. The second-order valence-corrected chi connectivity index (χ2v) is 4.53. The van der Waals surface area contributed by atoms with Gasteiger partial charge in [0, 0.05) is 6.04 Å². The topological polar surface area (TPSA) is 38.3 Å². The first-order valence-corrected chi connectivity index (χ1v) is 6.69. The quantitative estimate of drug-likeness (QED) is 0.806. The standard InChI is InChI=1S/C15H23NO2/c1-4-9-12(3)16-15(17)14(5-2)18-13-10-7-6-8-11-13/h6-8,10-12,14H,4-5,9H2,1-3H3,(H,16,17)/t12-,14-/m0/s1. The van der Waals surface area contributed by atoms with Gasteiger partial charge in [-0.25, -0.2) is 0 Å². The van der Waals surface area contributed by atoms with E-state index in [1.807, 2.05) is 44.2 Å². The van der Waals surface area contributed by atoms with Crippen LogP contribution in [0.4, 0.5) is 0 Å². The first-order chi connectivity index (χ1) is 8.67. The van der Waals surface area contributed by atoms with E-state index in [-0.39, 0.29) is 11.9 Å². The Kier molecular flexibility index (Phi) is 6.26. The average molecular weight is 249 g/mol. The van der Waals surface area contributed by atoms with Gasteiger partial charge in [0.2, 0.25) is 0 Å². The molecule has 0 saturated heterocycles. The minimum atomic E-state index is -0.410. The van der Waals surface area contributed by atoms with Crippen molar-refractivity contribution in [2.24, 2.45) is 0 Å². The minimum absolute atomic E-state index is 0.0256. The first kappa shape index (κ1) is 14.6. The summed E-state index contributed by atoms with van der Waals surface area (Å²) < 4.78 is 5.69. The Labute approximate surface area is 110 Å². The molecule has 1 aromatic rings. The Balaban J connectivity index is 2.52. The van der Waals surface area contributed by atoms with Crippen molar-refractivity contribution in [1.29, 1.82) is 0 Å². The summed E-state index contributed by atoms with van der Waals surface area (Å²) in [6.07, 6.45) is 2.32. The lowest BCUT2D eigenvalue weighted by Crippen LogP contribution is -2.42. The predicted octanol–water partition coefficient (Wildman–Crippen LogP) is 3.15. The molecule has 1 rings (SSSR count). The first-order valence-electron chi connectivity index (χ1n) is 6.69. The summed E-state index contributed by atoms with van der Waals surface area (Å²) in [5.41, 5.74) is 0. The zero-order valence-corrected chi connectivity index (χ0v) is 11.5. The van der Waals surface area contributed by atoms with Crippen molar-refractivity contribution in [3.05, 3.63) is 30.3 Å². The maximum absolute atomic E-state index is 12.0. The maximum Gasteiger partial charge on any atom is 0.261 e. The monoisotopic (exact) mass is 249 g/mol. The lowest BCUT2D eigenvalue weighted by Gasteiger charge is -2.20. The summed E-state index contributed by atoms with van der Waals surface area (Å²) in [4.78, 5) is 12.0. The van der Waals surface area contributed by atoms with Crippen LogP contribution in [0.25, 0.3) is 0 Å². The number of amides is 1. The molecule has 0 heterocycles. The molecular formula is C15H23NO2. The third-order valence-corrected chi connectivity index (χ3v) is 2.80. The predicted molar refractivity (Wildman–Crippen MR) is 73.7 cm³/mol. The van der Waals surface area contributed by atoms with E-state index in [1.165, 1.54) is 0 Å². The SMILES string of the molecule is CCC[C@H](C)NC(=O)[C@H](CC)Oc1ccccc1. The summed E-state index contributed by atoms with van der Waals surface area (Å²) in [5.74, 6) is 0.713. The van der Waals surface area contributed by atoms with Gasteiger partial charge in [-0.05, 0) is 31.9 Å². The van der Waals surface area contributed by atoms with Gasteiger partial charge in [-0.15, -0.1) is 0 Å². The van der Waals surface area contributed by atoms with Crippen molar-refractivity contribution in [2.75, 3.05) is 0 Å². The average Bonchev–Trinajstić information content (AvgIpc) is 2.37. The molecule has 0 aliphatic rings. The molecule has 1 amide bonds. The lowest BCUT2D eigenvalue weighted by molar-refractivity contribution is -0.128. The van der Waals surface area contributed by atoms with Crippen LogP contribution in [0.15, 0.2) is 30.3 Å². The summed E-state index contributed by atoms with van der Waals surface area (Å²) in [5, 5.41) is 2.99. The van der Waals surface area contributed by atoms with E-state index in [0.717, 1.165) is 18.6 Å². The number of para-hydroxylation sites is 1. The van der Waals surface area contributed by atoms with Gasteiger partial charge in [-0.2, -0.15) is 0 Å². The number of carbonyl (C=O) groups excluding carboxylic acids is 1. The number of ether oxygens (including phenoxy) is 1. The Morgan fingerprint density at radius 1 is 1.28 bits per heavy atom. The molecule has 0 bridgehead atoms. The fourth-order valence-electron chi connectivity index (χ4n) is 1.83.